The average Bonchev–Trinajstić information content (AvgIpc) is 1.65. The maximum atomic E-state index is 10.2. The highest BCUT2D eigenvalue weighted by Gasteiger charge is 2.03. The molecule has 0 N–H and O–H groups in total. The van der Waals surface area contributed by atoms with Gasteiger partial charge in [-0.2, -0.15) is 0 Å². The summed E-state index contributed by atoms with van der Waals surface area (Å²) in [5.74, 6) is 0. The lowest BCUT2D eigenvalue weighted by atomic mass is 10.7. The maximum Gasteiger partial charge on any atom is 0.161 e. The first-order valence-corrected chi connectivity index (χ1v) is 4.09. The molecule has 0 aliphatic heterocycles. The molecule has 0 aromatic carbocycles. The Balaban J connectivity index is 4.14. The second kappa shape index (κ2) is 3.14. The Bertz CT molecular complexity index is 159. The van der Waals surface area contributed by atoms with Crippen LogP contribution < -0.4 is 0 Å². The van der Waals surface area contributed by atoms with Gasteiger partial charge in [0.25, 0.3) is 0 Å². The SMILES string of the molecule is CCN(CC)S(=O)(=O)[O-]. The summed E-state index contributed by atoms with van der Waals surface area (Å²) in [6.07, 6.45) is 0. The van der Waals surface area contributed by atoms with Crippen molar-refractivity contribution in [2.45, 2.75) is 13.8 Å². The average molecular weight is 152 g/mol. The van der Waals surface area contributed by atoms with E-state index in [2.05, 4.69) is 0 Å². The Morgan fingerprint density at radius 2 is 1.67 bits per heavy atom. The van der Waals surface area contributed by atoms with Crippen molar-refractivity contribution in [1.82, 2.24) is 4.31 Å². The van der Waals surface area contributed by atoms with Crippen LogP contribution >= 0.6 is 0 Å². The zero-order chi connectivity index (χ0) is 7.49. The van der Waals surface area contributed by atoms with E-state index in [1.807, 2.05) is 0 Å². The first kappa shape index (κ1) is 8.87. The summed E-state index contributed by atoms with van der Waals surface area (Å²) < 4.78 is 31.3. The molecule has 4 nitrogen and oxygen atoms in total. The molecule has 9 heavy (non-hydrogen) atoms. The molecule has 0 aliphatic carbocycles. The summed E-state index contributed by atoms with van der Waals surface area (Å²) in [5.41, 5.74) is 0. The van der Waals surface area contributed by atoms with E-state index in [1.54, 1.807) is 13.8 Å². The minimum Gasteiger partial charge on any atom is -0.735 e. The highest BCUT2D eigenvalue weighted by atomic mass is 32.2. The van der Waals surface area contributed by atoms with E-state index < -0.39 is 10.3 Å². The third-order valence-corrected chi connectivity index (χ3v) is 2.17. The second-order valence-electron chi connectivity index (χ2n) is 1.54. The predicted molar refractivity (Wildman–Crippen MR) is 32.6 cm³/mol. The summed E-state index contributed by atoms with van der Waals surface area (Å²) in [6.45, 7) is 3.75. The molecule has 0 radical (unpaired) electrons. The van der Waals surface area contributed by atoms with Crippen molar-refractivity contribution in [3.63, 3.8) is 0 Å². The zero-order valence-corrected chi connectivity index (χ0v) is 6.31. The third kappa shape index (κ3) is 2.78. The molecule has 0 unspecified atom stereocenters. The minimum atomic E-state index is -4.18. The largest absolute Gasteiger partial charge is 0.735 e. The van der Waals surface area contributed by atoms with Crippen LogP contribution in [0.1, 0.15) is 13.8 Å². The summed E-state index contributed by atoms with van der Waals surface area (Å²) >= 11 is 0. The van der Waals surface area contributed by atoms with Gasteiger partial charge in [-0.15, -0.1) is 0 Å². The van der Waals surface area contributed by atoms with Crippen LogP contribution in [0.3, 0.4) is 0 Å². The first-order valence-electron chi connectivity index (χ1n) is 2.73. The van der Waals surface area contributed by atoms with Gasteiger partial charge in [0.05, 0.1) is 0 Å². The van der Waals surface area contributed by atoms with Crippen molar-refractivity contribution in [3.8, 4) is 0 Å². The van der Waals surface area contributed by atoms with Gasteiger partial charge in [0, 0.05) is 13.1 Å². The maximum absolute atomic E-state index is 10.2. The molecule has 56 valence electrons. The van der Waals surface area contributed by atoms with Gasteiger partial charge in [0.15, 0.2) is 10.3 Å². The van der Waals surface area contributed by atoms with Gasteiger partial charge in [-0.25, -0.2) is 12.7 Å². The monoisotopic (exact) mass is 152 g/mol. The fourth-order valence-corrected chi connectivity index (χ4v) is 1.17. The van der Waals surface area contributed by atoms with E-state index in [1.165, 1.54) is 0 Å². The first-order chi connectivity index (χ1) is 4.02. The Morgan fingerprint density at radius 1 is 1.33 bits per heavy atom. The molecule has 0 fully saturated rings. The number of hydrogen-bond acceptors (Lipinski definition) is 3. The number of hydrogen-bond donors (Lipinski definition) is 0. The van der Waals surface area contributed by atoms with Crippen LogP contribution in [0.25, 0.3) is 0 Å². The quantitative estimate of drug-likeness (QED) is 0.526. The van der Waals surface area contributed by atoms with Gasteiger partial charge in [-0.3, -0.25) is 0 Å². The smallest absolute Gasteiger partial charge is 0.161 e. The van der Waals surface area contributed by atoms with E-state index in [4.69, 9.17) is 0 Å². The summed E-state index contributed by atoms with van der Waals surface area (Å²) in [6, 6.07) is 0. The van der Waals surface area contributed by atoms with E-state index in [-0.39, 0.29) is 13.1 Å². The van der Waals surface area contributed by atoms with Crippen molar-refractivity contribution in [2.75, 3.05) is 13.1 Å². The van der Waals surface area contributed by atoms with E-state index in [0.717, 1.165) is 4.31 Å². The molecule has 0 bridgehead atoms. The Labute approximate surface area is 55.4 Å². The van der Waals surface area contributed by atoms with Crippen LogP contribution in [0.2, 0.25) is 0 Å². The van der Waals surface area contributed by atoms with Gasteiger partial charge >= 0.3 is 0 Å². The molecule has 0 saturated heterocycles. The third-order valence-electron chi connectivity index (χ3n) is 1.02. The minimum absolute atomic E-state index is 0.252. The van der Waals surface area contributed by atoms with E-state index in [9.17, 15) is 13.0 Å². The number of nitrogens with zero attached hydrogens (tertiary/aromatic N) is 1. The Kier molecular flexibility index (Phi) is 3.10. The normalized spacial score (nSPS) is 12.4. The molecule has 0 aliphatic rings. The molecule has 0 rings (SSSR count). The van der Waals surface area contributed by atoms with E-state index in [0.29, 0.717) is 0 Å². The van der Waals surface area contributed by atoms with Gasteiger partial charge < -0.3 is 4.55 Å². The zero-order valence-electron chi connectivity index (χ0n) is 5.49. The topological polar surface area (TPSA) is 60.4 Å². The molecular formula is C4H10NO3S-. The van der Waals surface area contributed by atoms with Gasteiger partial charge in [0.1, 0.15) is 0 Å². The summed E-state index contributed by atoms with van der Waals surface area (Å²) in [7, 11) is -4.18. The van der Waals surface area contributed by atoms with Crippen molar-refractivity contribution in [2.24, 2.45) is 0 Å². The van der Waals surface area contributed by atoms with Gasteiger partial charge in [-0.05, 0) is 0 Å². The fraction of sp³-hybridized carbons (Fsp3) is 1.00. The molecule has 0 saturated carbocycles. The van der Waals surface area contributed by atoms with Crippen LogP contribution in [-0.4, -0.2) is 30.4 Å². The lowest BCUT2D eigenvalue weighted by Gasteiger charge is -2.20. The van der Waals surface area contributed by atoms with Crippen molar-refractivity contribution >= 4 is 10.3 Å². The van der Waals surface area contributed by atoms with Crippen LogP contribution in [0.5, 0.6) is 0 Å². The van der Waals surface area contributed by atoms with Gasteiger partial charge in [-0.1, -0.05) is 13.8 Å². The Hall–Kier alpha value is -0.130. The fourth-order valence-electron chi connectivity index (χ4n) is 0.540. The summed E-state index contributed by atoms with van der Waals surface area (Å²) in [5, 5.41) is 0. The predicted octanol–water partition coefficient (Wildman–Crippen LogP) is -0.212. The van der Waals surface area contributed by atoms with Crippen molar-refractivity contribution < 1.29 is 13.0 Å². The lowest BCUT2D eigenvalue weighted by molar-refractivity contribution is 0.359. The van der Waals surface area contributed by atoms with Gasteiger partial charge in [0.2, 0.25) is 0 Å². The molecular weight excluding hydrogens is 142 g/mol. The molecule has 0 atom stereocenters. The van der Waals surface area contributed by atoms with Crippen LogP contribution in [0, 0.1) is 0 Å². The van der Waals surface area contributed by atoms with Crippen LogP contribution in [-0.2, 0) is 10.3 Å². The standard InChI is InChI=1S/C4H11NO3S/c1-3-5(4-2)9(6,7)8/h3-4H2,1-2H3,(H,6,7,8)/p-1. The highest BCUT2D eigenvalue weighted by Crippen LogP contribution is 1.93. The van der Waals surface area contributed by atoms with E-state index >= 15 is 0 Å². The molecule has 5 heteroatoms. The second-order valence-corrected chi connectivity index (χ2v) is 2.91. The molecule has 0 aromatic heterocycles. The molecule has 0 heterocycles. The van der Waals surface area contributed by atoms with Crippen molar-refractivity contribution in [3.05, 3.63) is 0 Å². The molecule has 0 aromatic rings. The lowest BCUT2D eigenvalue weighted by Crippen LogP contribution is -2.29. The highest BCUT2D eigenvalue weighted by molar-refractivity contribution is 7.83. The van der Waals surface area contributed by atoms with Crippen LogP contribution in [0.15, 0.2) is 0 Å². The number of rotatable bonds is 3. The summed E-state index contributed by atoms with van der Waals surface area (Å²) in [4.78, 5) is 0. The molecule has 0 spiro atoms. The molecule has 0 amide bonds. The Morgan fingerprint density at radius 3 is 1.67 bits per heavy atom. The van der Waals surface area contributed by atoms with Crippen molar-refractivity contribution in [1.29, 1.82) is 0 Å². The van der Waals surface area contributed by atoms with Crippen LogP contribution in [0.4, 0.5) is 0 Å².